The molecule has 0 saturated heterocycles. The topological polar surface area (TPSA) is 70.6 Å². The van der Waals surface area contributed by atoms with E-state index in [1.54, 1.807) is 0 Å². The van der Waals surface area contributed by atoms with Gasteiger partial charge in [0.15, 0.2) is 0 Å². The molecule has 0 aromatic heterocycles. The molecule has 0 bridgehead atoms. The zero-order valence-corrected chi connectivity index (χ0v) is 12.1. The molecule has 1 rings (SSSR count). The average molecular weight is 255 g/mol. The second-order valence-corrected chi connectivity index (χ2v) is 6.26. The van der Waals surface area contributed by atoms with Crippen LogP contribution in [0.2, 0.25) is 0 Å². The van der Waals surface area contributed by atoms with Crippen LogP contribution in [0.1, 0.15) is 59.3 Å². The van der Waals surface area contributed by atoms with Crippen LogP contribution in [0, 0.1) is 11.3 Å². The van der Waals surface area contributed by atoms with Gasteiger partial charge in [0, 0.05) is 11.5 Å². The van der Waals surface area contributed by atoms with E-state index in [9.17, 15) is 0 Å². The highest BCUT2D eigenvalue weighted by molar-refractivity contribution is 5.85. The van der Waals surface area contributed by atoms with Crippen molar-refractivity contribution < 1.29 is 5.21 Å². The molecule has 0 spiro atoms. The molecule has 1 aliphatic carbocycles. The highest BCUT2D eigenvalue weighted by atomic mass is 16.4. The summed E-state index contributed by atoms with van der Waals surface area (Å²) in [6, 6.07) is 0.577. The molecule has 0 heterocycles. The van der Waals surface area contributed by atoms with Gasteiger partial charge in [0.25, 0.3) is 0 Å². The van der Waals surface area contributed by atoms with Gasteiger partial charge in [0.05, 0.1) is 0 Å². The molecule has 1 fully saturated rings. The van der Waals surface area contributed by atoms with Gasteiger partial charge in [-0.3, -0.25) is 0 Å². The molecule has 1 atom stereocenters. The van der Waals surface area contributed by atoms with E-state index < -0.39 is 0 Å². The van der Waals surface area contributed by atoms with Crippen LogP contribution in [0.5, 0.6) is 0 Å². The summed E-state index contributed by atoms with van der Waals surface area (Å²) in [6.07, 6.45) is 7.77. The van der Waals surface area contributed by atoms with Gasteiger partial charge in [-0.05, 0) is 38.6 Å². The Morgan fingerprint density at radius 2 is 2.00 bits per heavy atom. The van der Waals surface area contributed by atoms with Crippen molar-refractivity contribution in [2.24, 2.45) is 22.2 Å². The van der Waals surface area contributed by atoms with Crippen molar-refractivity contribution in [3.05, 3.63) is 0 Å². The third kappa shape index (κ3) is 4.48. The summed E-state index contributed by atoms with van der Waals surface area (Å²) < 4.78 is 0. The molecule has 18 heavy (non-hydrogen) atoms. The Bertz CT molecular complexity index is 270. The van der Waals surface area contributed by atoms with Crippen LogP contribution in [0.3, 0.4) is 0 Å². The number of nitrogens with zero attached hydrogens (tertiary/aromatic N) is 1. The highest BCUT2D eigenvalue weighted by Gasteiger charge is 2.24. The fourth-order valence-electron chi connectivity index (χ4n) is 2.68. The van der Waals surface area contributed by atoms with E-state index in [1.807, 2.05) is 13.8 Å². The minimum absolute atomic E-state index is 0.242. The maximum absolute atomic E-state index is 8.73. The summed E-state index contributed by atoms with van der Waals surface area (Å²) in [5, 5.41) is 15.4. The minimum Gasteiger partial charge on any atom is -0.409 e. The van der Waals surface area contributed by atoms with E-state index in [4.69, 9.17) is 10.9 Å². The molecule has 1 saturated carbocycles. The van der Waals surface area contributed by atoms with Crippen LogP contribution in [-0.4, -0.2) is 23.6 Å². The fraction of sp³-hybridized carbons (Fsp3) is 0.929. The molecule has 0 aliphatic heterocycles. The normalized spacial score (nSPS) is 20.9. The molecule has 0 aromatic rings. The molecule has 4 heteroatoms. The monoisotopic (exact) mass is 255 g/mol. The Morgan fingerprint density at radius 3 is 2.56 bits per heavy atom. The van der Waals surface area contributed by atoms with E-state index in [0.29, 0.717) is 11.9 Å². The van der Waals surface area contributed by atoms with Gasteiger partial charge < -0.3 is 16.3 Å². The molecule has 4 nitrogen and oxygen atoms in total. The number of nitrogens with two attached hydrogens (primary N) is 1. The Morgan fingerprint density at radius 1 is 1.39 bits per heavy atom. The van der Waals surface area contributed by atoms with Crippen molar-refractivity contribution in [3.8, 4) is 0 Å². The summed E-state index contributed by atoms with van der Waals surface area (Å²) in [6.45, 7) is 7.22. The molecule has 1 unspecified atom stereocenters. The third-order valence-corrected chi connectivity index (χ3v) is 4.37. The SMILES string of the molecule is CC(NCCC(C)(C)C(N)=NO)C1CCCCC1. The summed E-state index contributed by atoms with van der Waals surface area (Å²) in [7, 11) is 0. The van der Waals surface area contributed by atoms with Gasteiger partial charge >= 0.3 is 0 Å². The molecule has 106 valence electrons. The molecule has 0 amide bonds. The molecular weight excluding hydrogens is 226 g/mol. The van der Waals surface area contributed by atoms with Gasteiger partial charge in [-0.25, -0.2) is 0 Å². The Balaban J connectivity index is 2.28. The number of rotatable bonds is 6. The van der Waals surface area contributed by atoms with Crippen LogP contribution >= 0.6 is 0 Å². The van der Waals surface area contributed by atoms with E-state index in [2.05, 4.69) is 17.4 Å². The minimum atomic E-state index is -0.242. The van der Waals surface area contributed by atoms with Crippen LogP contribution in [0.25, 0.3) is 0 Å². The second-order valence-electron chi connectivity index (χ2n) is 6.26. The maximum atomic E-state index is 8.73. The number of nitrogens with one attached hydrogen (secondary N) is 1. The molecule has 0 radical (unpaired) electrons. The summed E-state index contributed by atoms with van der Waals surface area (Å²) in [4.78, 5) is 0. The number of oxime groups is 1. The zero-order chi connectivity index (χ0) is 13.6. The standard InChI is InChI=1S/C14H29N3O/c1-11(12-7-5-4-6-8-12)16-10-9-14(2,3)13(15)17-18/h11-12,16,18H,4-10H2,1-3H3,(H2,15,17). The molecular formula is C14H29N3O. The zero-order valence-electron chi connectivity index (χ0n) is 12.1. The maximum Gasteiger partial charge on any atom is 0.144 e. The number of hydrogen-bond donors (Lipinski definition) is 3. The lowest BCUT2D eigenvalue weighted by Gasteiger charge is -2.30. The van der Waals surface area contributed by atoms with Crippen molar-refractivity contribution in [1.82, 2.24) is 5.32 Å². The summed E-state index contributed by atoms with van der Waals surface area (Å²) >= 11 is 0. The number of hydrogen-bond acceptors (Lipinski definition) is 3. The van der Waals surface area contributed by atoms with Gasteiger partial charge in [-0.15, -0.1) is 0 Å². The van der Waals surface area contributed by atoms with Crippen LogP contribution in [-0.2, 0) is 0 Å². The van der Waals surface area contributed by atoms with E-state index >= 15 is 0 Å². The molecule has 0 aromatic carbocycles. The number of amidine groups is 1. The Hall–Kier alpha value is -0.770. The lowest BCUT2D eigenvalue weighted by Crippen LogP contribution is -2.39. The van der Waals surface area contributed by atoms with E-state index in [-0.39, 0.29) is 5.41 Å². The lowest BCUT2D eigenvalue weighted by atomic mass is 9.84. The van der Waals surface area contributed by atoms with Crippen LogP contribution in [0.4, 0.5) is 0 Å². The van der Waals surface area contributed by atoms with E-state index in [1.165, 1.54) is 32.1 Å². The first-order valence-electron chi connectivity index (χ1n) is 7.19. The predicted octanol–water partition coefficient (Wildman–Crippen LogP) is 2.71. The lowest BCUT2D eigenvalue weighted by molar-refractivity contribution is 0.272. The summed E-state index contributed by atoms with van der Waals surface area (Å²) in [5.74, 6) is 1.14. The Kier molecular flexibility index (Phi) is 5.93. The third-order valence-electron chi connectivity index (χ3n) is 4.37. The van der Waals surface area contributed by atoms with Gasteiger partial charge in [-0.2, -0.15) is 0 Å². The fourth-order valence-corrected chi connectivity index (χ4v) is 2.68. The first-order valence-corrected chi connectivity index (χ1v) is 7.19. The van der Waals surface area contributed by atoms with Crippen molar-refractivity contribution >= 4 is 5.84 Å². The van der Waals surface area contributed by atoms with E-state index in [0.717, 1.165) is 18.9 Å². The average Bonchev–Trinajstić information content (AvgIpc) is 2.38. The first kappa shape index (κ1) is 15.3. The largest absolute Gasteiger partial charge is 0.409 e. The van der Waals surface area contributed by atoms with Crippen LogP contribution < -0.4 is 11.1 Å². The van der Waals surface area contributed by atoms with Gasteiger partial charge in [-0.1, -0.05) is 38.3 Å². The van der Waals surface area contributed by atoms with Gasteiger partial charge in [0.2, 0.25) is 0 Å². The quantitative estimate of drug-likeness (QED) is 0.296. The molecule has 1 aliphatic rings. The predicted molar refractivity (Wildman–Crippen MR) is 75.8 cm³/mol. The first-order chi connectivity index (χ1) is 8.47. The van der Waals surface area contributed by atoms with Crippen molar-refractivity contribution in [1.29, 1.82) is 0 Å². The van der Waals surface area contributed by atoms with Crippen molar-refractivity contribution in [2.45, 2.75) is 65.3 Å². The van der Waals surface area contributed by atoms with Crippen molar-refractivity contribution in [3.63, 3.8) is 0 Å². The van der Waals surface area contributed by atoms with Gasteiger partial charge in [0.1, 0.15) is 5.84 Å². The van der Waals surface area contributed by atoms with Crippen LogP contribution in [0.15, 0.2) is 5.16 Å². The molecule has 4 N–H and O–H groups in total. The second kappa shape index (κ2) is 6.98. The summed E-state index contributed by atoms with van der Waals surface area (Å²) in [5.41, 5.74) is 5.44. The smallest absolute Gasteiger partial charge is 0.144 e. The highest BCUT2D eigenvalue weighted by Crippen LogP contribution is 2.26. The Labute approximate surface area is 111 Å². The van der Waals surface area contributed by atoms with Crippen molar-refractivity contribution in [2.75, 3.05) is 6.54 Å².